The summed E-state index contributed by atoms with van der Waals surface area (Å²) in [4.78, 5) is 23.5. The molecular weight excluding hydrogens is 332 g/mol. The first-order valence-corrected chi connectivity index (χ1v) is 8.09. The second-order valence-electron chi connectivity index (χ2n) is 5.91. The third-order valence-corrected chi connectivity index (χ3v) is 4.15. The van der Waals surface area contributed by atoms with Crippen LogP contribution in [-0.4, -0.2) is 32.0 Å². The van der Waals surface area contributed by atoms with Crippen molar-refractivity contribution in [3.63, 3.8) is 0 Å². The Labute approximate surface area is 150 Å². The molecule has 0 fully saturated rings. The summed E-state index contributed by atoms with van der Waals surface area (Å²) in [5.74, 6) is -1.81. The van der Waals surface area contributed by atoms with Crippen LogP contribution in [0.1, 0.15) is 34.6 Å². The molecule has 1 amide bonds. The van der Waals surface area contributed by atoms with Crippen LogP contribution < -0.4 is 5.32 Å². The lowest BCUT2D eigenvalue weighted by molar-refractivity contribution is -0.138. The smallest absolute Gasteiger partial charge is 0.310 e. The Morgan fingerprint density at radius 3 is 2.35 bits per heavy atom. The number of carbonyl (C=O) groups excluding carboxylic acids is 1. The summed E-state index contributed by atoms with van der Waals surface area (Å²) in [5.41, 5.74) is 2.91. The van der Waals surface area contributed by atoms with Crippen LogP contribution in [0.2, 0.25) is 0 Å². The maximum Gasteiger partial charge on any atom is 0.310 e. The summed E-state index contributed by atoms with van der Waals surface area (Å²) in [6.45, 7) is 3.39. The van der Waals surface area contributed by atoms with Gasteiger partial charge in [0.15, 0.2) is 5.69 Å². The molecule has 1 aromatic heterocycles. The fraction of sp³-hybridized carbons (Fsp3) is 0.158. The summed E-state index contributed by atoms with van der Waals surface area (Å²) in [7, 11) is 0. The molecule has 0 spiro atoms. The molecule has 1 heterocycles. The van der Waals surface area contributed by atoms with Crippen molar-refractivity contribution in [1.82, 2.24) is 15.0 Å². The highest BCUT2D eigenvalue weighted by Crippen LogP contribution is 2.19. The molecule has 0 aliphatic heterocycles. The molecule has 7 nitrogen and oxygen atoms in total. The minimum Gasteiger partial charge on any atom is -0.481 e. The Kier molecular flexibility index (Phi) is 4.79. The number of carboxylic acids is 1. The number of nitrogens with zero attached hydrogens (tertiary/aromatic N) is 3. The zero-order valence-electron chi connectivity index (χ0n) is 14.4. The van der Waals surface area contributed by atoms with E-state index in [-0.39, 0.29) is 11.6 Å². The fourth-order valence-corrected chi connectivity index (χ4v) is 2.54. The normalized spacial score (nSPS) is 11.8. The van der Waals surface area contributed by atoms with Crippen LogP contribution in [0.4, 0.5) is 5.69 Å². The number of hydrogen-bond donors (Lipinski definition) is 2. The van der Waals surface area contributed by atoms with Crippen molar-refractivity contribution in [2.24, 2.45) is 0 Å². The standard InChI is InChI=1S/C19H18N4O3/c1-12(19(25)26)14-8-10-16(11-9-14)23-13(2)17(21-22-23)18(24)20-15-6-4-3-5-7-15/h3-12H,1-2H3,(H,20,24)(H,25,26). The Morgan fingerprint density at radius 2 is 1.73 bits per heavy atom. The number of amides is 1. The van der Waals surface area contributed by atoms with Crippen molar-refractivity contribution in [3.05, 3.63) is 71.5 Å². The third-order valence-electron chi connectivity index (χ3n) is 4.15. The van der Waals surface area contributed by atoms with Gasteiger partial charge in [0.2, 0.25) is 0 Å². The van der Waals surface area contributed by atoms with Gasteiger partial charge in [-0.25, -0.2) is 4.68 Å². The zero-order valence-corrected chi connectivity index (χ0v) is 14.4. The second-order valence-corrected chi connectivity index (χ2v) is 5.91. The number of hydrogen-bond acceptors (Lipinski definition) is 4. The van der Waals surface area contributed by atoms with Crippen LogP contribution in [0.15, 0.2) is 54.6 Å². The summed E-state index contributed by atoms with van der Waals surface area (Å²) < 4.78 is 1.55. The Bertz CT molecular complexity index is 933. The van der Waals surface area contributed by atoms with E-state index in [1.807, 2.05) is 18.2 Å². The molecule has 0 aliphatic carbocycles. The van der Waals surface area contributed by atoms with E-state index in [1.54, 1.807) is 54.9 Å². The first-order valence-electron chi connectivity index (χ1n) is 8.09. The minimum absolute atomic E-state index is 0.233. The van der Waals surface area contributed by atoms with Crippen molar-refractivity contribution >= 4 is 17.6 Å². The van der Waals surface area contributed by atoms with E-state index in [0.29, 0.717) is 22.6 Å². The number of nitrogens with one attached hydrogen (secondary N) is 1. The predicted octanol–water partition coefficient (Wildman–Crippen LogP) is 3.02. The van der Waals surface area contributed by atoms with Crippen molar-refractivity contribution in [3.8, 4) is 5.69 Å². The molecule has 132 valence electrons. The molecule has 3 rings (SSSR count). The number of carboxylic acid groups (broad SMARTS) is 1. The number of aromatic nitrogens is 3. The number of carbonyl (C=O) groups is 2. The molecule has 3 aromatic rings. The monoisotopic (exact) mass is 350 g/mol. The molecule has 2 N–H and O–H groups in total. The van der Waals surface area contributed by atoms with Crippen LogP contribution in [0, 0.1) is 6.92 Å². The molecule has 0 saturated heterocycles. The number of benzene rings is 2. The van der Waals surface area contributed by atoms with Gasteiger partial charge in [0.25, 0.3) is 5.91 Å². The summed E-state index contributed by atoms with van der Waals surface area (Å²) >= 11 is 0. The van der Waals surface area contributed by atoms with Gasteiger partial charge in [0, 0.05) is 5.69 Å². The van der Waals surface area contributed by atoms with Gasteiger partial charge in [-0.3, -0.25) is 9.59 Å². The highest BCUT2D eigenvalue weighted by atomic mass is 16.4. The van der Waals surface area contributed by atoms with Gasteiger partial charge >= 0.3 is 5.97 Å². The van der Waals surface area contributed by atoms with E-state index in [9.17, 15) is 9.59 Å². The van der Waals surface area contributed by atoms with E-state index < -0.39 is 11.9 Å². The van der Waals surface area contributed by atoms with Crippen LogP contribution in [0.25, 0.3) is 5.69 Å². The minimum atomic E-state index is -0.880. The number of anilines is 1. The topological polar surface area (TPSA) is 97.1 Å². The average molecular weight is 350 g/mol. The van der Waals surface area contributed by atoms with Gasteiger partial charge in [-0.15, -0.1) is 5.10 Å². The second kappa shape index (κ2) is 7.18. The number of rotatable bonds is 5. The Morgan fingerprint density at radius 1 is 1.08 bits per heavy atom. The third kappa shape index (κ3) is 3.46. The fourth-order valence-electron chi connectivity index (χ4n) is 2.54. The number of para-hydroxylation sites is 1. The number of aliphatic carboxylic acids is 1. The molecule has 0 aliphatic rings. The maximum absolute atomic E-state index is 12.4. The zero-order chi connectivity index (χ0) is 18.7. The molecule has 2 aromatic carbocycles. The van der Waals surface area contributed by atoms with E-state index in [2.05, 4.69) is 15.6 Å². The van der Waals surface area contributed by atoms with Crippen molar-refractivity contribution < 1.29 is 14.7 Å². The van der Waals surface area contributed by atoms with E-state index >= 15 is 0 Å². The van der Waals surface area contributed by atoms with E-state index in [0.717, 1.165) is 0 Å². The SMILES string of the molecule is Cc1c(C(=O)Nc2ccccc2)nnn1-c1ccc(C(C)C(=O)O)cc1. The van der Waals surface area contributed by atoms with Gasteiger partial charge in [-0.05, 0) is 43.7 Å². The molecule has 1 atom stereocenters. The van der Waals surface area contributed by atoms with Gasteiger partial charge in [-0.2, -0.15) is 0 Å². The molecule has 0 bridgehead atoms. The lowest BCUT2D eigenvalue weighted by Crippen LogP contribution is -2.14. The Balaban J connectivity index is 1.82. The van der Waals surface area contributed by atoms with Gasteiger partial charge < -0.3 is 10.4 Å². The van der Waals surface area contributed by atoms with Crippen LogP contribution in [0.3, 0.4) is 0 Å². The van der Waals surface area contributed by atoms with Crippen molar-refractivity contribution in [2.45, 2.75) is 19.8 Å². The maximum atomic E-state index is 12.4. The van der Waals surface area contributed by atoms with Crippen LogP contribution >= 0.6 is 0 Å². The molecule has 0 saturated carbocycles. The van der Waals surface area contributed by atoms with Crippen molar-refractivity contribution in [1.29, 1.82) is 0 Å². The summed E-state index contributed by atoms with van der Waals surface area (Å²) in [6.07, 6.45) is 0. The quantitative estimate of drug-likeness (QED) is 0.737. The van der Waals surface area contributed by atoms with E-state index in [4.69, 9.17) is 5.11 Å². The lowest BCUT2D eigenvalue weighted by Gasteiger charge is -2.08. The molecule has 26 heavy (non-hydrogen) atoms. The summed E-state index contributed by atoms with van der Waals surface area (Å²) in [5, 5.41) is 19.9. The average Bonchev–Trinajstić information content (AvgIpc) is 3.03. The lowest BCUT2D eigenvalue weighted by atomic mass is 10.0. The molecular formula is C19H18N4O3. The first kappa shape index (κ1) is 17.3. The largest absolute Gasteiger partial charge is 0.481 e. The van der Waals surface area contributed by atoms with Crippen LogP contribution in [0.5, 0.6) is 0 Å². The highest BCUT2D eigenvalue weighted by molar-refractivity contribution is 6.03. The molecule has 1 unspecified atom stereocenters. The summed E-state index contributed by atoms with van der Waals surface area (Å²) in [6, 6.07) is 16.1. The first-order chi connectivity index (χ1) is 12.5. The van der Waals surface area contributed by atoms with Gasteiger partial charge in [-0.1, -0.05) is 35.5 Å². The Hall–Kier alpha value is -3.48. The van der Waals surface area contributed by atoms with Gasteiger partial charge in [0.1, 0.15) is 0 Å². The molecule has 0 radical (unpaired) electrons. The van der Waals surface area contributed by atoms with E-state index in [1.165, 1.54) is 0 Å². The predicted molar refractivity (Wildman–Crippen MR) is 96.5 cm³/mol. The molecule has 7 heteroatoms. The highest BCUT2D eigenvalue weighted by Gasteiger charge is 2.18. The van der Waals surface area contributed by atoms with Crippen LogP contribution in [-0.2, 0) is 4.79 Å². The van der Waals surface area contributed by atoms with Crippen molar-refractivity contribution in [2.75, 3.05) is 5.32 Å². The van der Waals surface area contributed by atoms with Gasteiger partial charge in [0.05, 0.1) is 17.3 Å².